The zero-order valence-corrected chi connectivity index (χ0v) is 14.8. The molecular weight excluding hydrogens is 353 g/mol. The molecule has 0 fully saturated rings. The molecule has 0 saturated carbocycles. The molecule has 3 rings (SSSR count). The van der Waals surface area contributed by atoms with Gasteiger partial charge >= 0.3 is 0 Å². The minimum absolute atomic E-state index is 0.142. The molecule has 0 radical (unpaired) electrons. The van der Waals surface area contributed by atoms with Crippen LogP contribution in [0.15, 0.2) is 59.6 Å². The van der Waals surface area contributed by atoms with Crippen molar-refractivity contribution in [2.24, 2.45) is 0 Å². The van der Waals surface area contributed by atoms with Gasteiger partial charge < -0.3 is 15.2 Å². The number of nitrogens with zero attached hydrogens (tertiary/aromatic N) is 1. The fourth-order valence-electron chi connectivity index (χ4n) is 2.44. The first-order chi connectivity index (χ1) is 12.6. The Labute approximate surface area is 154 Å². The van der Waals surface area contributed by atoms with E-state index in [0.29, 0.717) is 18.5 Å². The molecule has 134 valence electrons. The van der Waals surface area contributed by atoms with Crippen molar-refractivity contribution < 1.29 is 14.0 Å². The van der Waals surface area contributed by atoms with Crippen molar-refractivity contribution in [3.05, 3.63) is 70.9 Å². The van der Waals surface area contributed by atoms with E-state index in [0.717, 1.165) is 5.69 Å². The maximum atomic E-state index is 13.9. The van der Waals surface area contributed by atoms with Gasteiger partial charge in [0.2, 0.25) is 5.91 Å². The number of halogens is 1. The highest BCUT2D eigenvalue weighted by Crippen LogP contribution is 2.19. The second kappa shape index (κ2) is 8.44. The van der Waals surface area contributed by atoms with Gasteiger partial charge in [-0.1, -0.05) is 0 Å². The van der Waals surface area contributed by atoms with Crippen molar-refractivity contribution in [2.45, 2.75) is 12.8 Å². The third-order valence-electron chi connectivity index (χ3n) is 3.78. The van der Waals surface area contributed by atoms with Gasteiger partial charge in [0.1, 0.15) is 5.82 Å². The Morgan fingerprint density at radius 2 is 1.96 bits per heavy atom. The molecule has 0 saturated heterocycles. The van der Waals surface area contributed by atoms with Crippen LogP contribution in [-0.4, -0.2) is 22.9 Å². The van der Waals surface area contributed by atoms with E-state index in [1.165, 1.54) is 17.4 Å². The molecule has 2 amide bonds. The zero-order chi connectivity index (χ0) is 18.4. The van der Waals surface area contributed by atoms with Crippen LogP contribution < -0.4 is 10.6 Å². The van der Waals surface area contributed by atoms with E-state index < -0.39 is 5.82 Å². The molecule has 1 aromatic carbocycles. The lowest BCUT2D eigenvalue weighted by atomic mass is 10.2. The van der Waals surface area contributed by atoms with Gasteiger partial charge in [0.05, 0.1) is 5.69 Å². The third kappa shape index (κ3) is 4.58. The van der Waals surface area contributed by atoms with Gasteiger partial charge in [-0.25, -0.2) is 4.39 Å². The van der Waals surface area contributed by atoms with Gasteiger partial charge in [0.25, 0.3) is 5.91 Å². The fourth-order valence-corrected chi connectivity index (χ4v) is 3.07. The second-order valence-corrected chi connectivity index (χ2v) is 6.45. The zero-order valence-electron chi connectivity index (χ0n) is 13.9. The molecular formula is C19H18FN3O2S. The summed E-state index contributed by atoms with van der Waals surface area (Å²) in [6.07, 6.45) is 4.35. The Morgan fingerprint density at radius 1 is 1.15 bits per heavy atom. The van der Waals surface area contributed by atoms with Gasteiger partial charge in [-0.3, -0.25) is 9.59 Å². The quantitative estimate of drug-likeness (QED) is 0.620. The molecule has 7 heteroatoms. The Balaban J connectivity index is 1.49. The van der Waals surface area contributed by atoms with Gasteiger partial charge in [-0.15, -0.1) is 0 Å². The summed E-state index contributed by atoms with van der Waals surface area (Å²) >= 11 is 1.45. The highest BCUT2D eigenvalue weighted by Gasteiger charge is 2.10. The summed E-state index contributed by atoms with van der Waals surface area (Å²) in [5.41, 5.74) is 1.52. The predicted molar refractivity (Wildman–Crippen MR) is 100 cm³/mol. The molecule has 0 aliphatic heterocycles. The number of hydrogen-bond acceptors (Lipinski definition) is 3. The second-order valence-electron chi connectivity index (χ2n) is 5.67. The number of hydrogen-bond donors (Lipinski definition) is 2. The van der Waals surface area contributed by atoms with Crippen molar-refractivity contribution in [3.8, 4) is 5.69 Å². The number of carbonyl (C=O) groups excluding carboxylic acids is 2. The van der Waals surface area contributed by atoms with Crippen LogP contribution in [-0.2, 0) is 4.79 Å². The molecule has 0 bridgehead atoms. The molecule has 3 aromatic rings. The number of nitrogens with one attached hydrogen (secondary N) is 2. The molecule has 0 atom stereocenters. The van der Waals surface area contributed by atoms with E-state index >= 15 is 0 Å². The fraction of sp³-hybridized carbons (Fsp3) is 0.158. The number of anilines is 1. The molecule has 0 spiro atoms. The van der Waals surface area contributed by atoms with Crippen molar-refractivity contribution in [3.63, 3.8) is 0 Å². The first-order valence-corrected chi connectivity index (χ1v) is 9.11. The first kappa shape index (κ1) is 17.9. The molecule has 26 heavy (non-hydrogen) atoms. The average molecular weight is 371 g/mol. The Hall–Kier alpha value is -2.93. The molecule has 2 N–H and O–H groups in total. The van der Waals surface area contributed by atoms with Crippen LogP contribution >= 0.6 is 11.3 Å². The van der Waals surface area contributed by atoms with E-state index in [1.54, 1.807) is 23.6 Å². The lowest BCUT2D eigenvalue weighted by Gasteiger charge is -2.10. The summed E-state index contributed by atoms with van der Waals surface area (Å²) in [7, 11) is 0. The topological polar surface area (TPSA) is 63.1 Å². The number of benzene rings is 1. The Morgan fingerprint density at radius 3 is 2.69 bits per heavy atom. The first-order valence-electron chi connectivity index (χ1n) is 8.16. The summed E-state index contributed by atoms with van der Waals surface area (Å²) in [6.45, 7) is 0.383. The van der Waals surface area contributed by atoms with Crippen LogP contribution in [0.4, 0.5) is 10.1 Å². The van der Waals surface area contributed by atoms with Gasteiger partial charge in [-0.2, -0.15) is 11.3 Å². The minimum Gasteiger partial charge on any atom is -0.352 e. The van der Waals surface area contributed by atoms with Crippen LogP contribution in [0.1, 0.15) is 23.2 Å². The standard InChI is InChI=1S/C19H18FN3O2S/c20-16-6-5-15(23-9-1-2-10-23)12-17(16)22-18(24)4-3-8-21-19(25)14-7-11-26-13-14/h1-2,5-7,9-13H,3-4,8H2,(H,21,25)(H,22,24). The van der Waals surface area contributed by atoms with Crippen LogP contribution in [0.25, 0.3) is 5.69 Å². The van der Waals surface area contributed by atoms with Crippen LogP contribution in [0.5, 0.6) is 0 Å². The predicted octanol–water partition coefficient (Wildman–Crippen LogP) is 3.83. The number of rotatable bonds is 7. The van der Waals surface area contributed by atoms with Crippen molar-refractivity contribution in [2.75, 3.05) is 11.9 Å². The normalized spacial score (nSPS) is 10.5. The summed E-state index contributed by atoms with van der Waals surface area (Å²) in [4.78, 5) is 23.8. The SMILES string of the molecule is O=C(CCCNC(=O)c1ccsc1)Nc1cc(-n2cccc2)ccc1F. The summed E-state index contributed by atoms with van der Waals surface area (Å²) in [5.74, 6) is -0.935. The number of aromatic nitrogens is 1. The van der Waals surface area contributed by atoms with Crippen LogP contribution in [0.2, 0.25) is 0 Å². The smallest absolute Gasteiger partial charge is 0.252 e. The minimum atomic E-state index is -0.486. The van der Waals surface area contributed by atoms with Gasteiger partial charge in [0.15, 0.2) is 0 Å². The molecule has 0 unspecified atom stereocenters. The maximum Gasteiger partial charge on any atom is 0.252 e. The van der Waals surface area contributed by atoms with Crippen molar-refractivity contribution in [1.82, 2.24) is 9.88 Å². The van der Waals surface area contributed by atoms with E-state index in [1.807, 2.05) is 34.5 Å². The summed E-state index contributed by atoms with van der Waals surface area (Å²) in [6, 6.07) is 10.0. The van der Waals surface area contributed by atoms with Gasteiger partial charge in [0, 0.05) is 42.0 Å². The number of thiophene rings is 1. The maximum absolute atomic E-state index is 13.9. The Kier molecular flexibility index (Phi) is 5.80. The highest BCUT2D eigenvalue weighted by atomic mass is 32.1. The average Bonchev–Trinajstić information content (AvgIpc) is 3.34. The van der Waals surface area contributed by atoms with Crippen molar-refractivity contribution in [1.29, 1.82) is 0 Å². The Bertz CT molecular complexity index is 876. The largest absolute Gasteiger partial charge is 0.352 e. The molecule has 2 heterocycles. The highest BCUT2D eigenvalue weighted by molar-refractivity contribution is 7.08. The summed E-state index contributed by atoms with van der Waals surface area (Å²) < 4.78 is 15.8. The third-order valence-corrected chi connectivity index (χ3v) is 4.46. The van der Waals surface area contributed by atoms with Crippen molar-refractivity contribution >= 4 is 28.8 Å². The molecule has 0 aliphatic rings. The molecule has 0 aliphatic carbocycles. The van der Waals surface area contributed by atoms with Crippen LogP contribution in [0, 0.1) is 5.82 Å². The lowest BCUT2D eigenvalue weighted by Crippen LogP contribution is -2.25. The molecule has 2 aromatic heterocycles. The van der Waals surface area contributed by atoms with E-state index in [9.17, 15) is 14.0 Å². The lowest BCUT2D eigenvalue weighted by molar-refractivity contribution is -0.116. The summed E-state index contributed by atoms with van der Waals surface area (Å²) in [5, 5.41) is 8.94. The monoisotopic (exact) mass is 371 g/mol. The van der Waals surface area contributed by atoms with E-state index in [-0.39, 0.29) is 23.9 Å². The number of carbonyl (C=O) groups is 2. The van der Waals surface area contributed by atoms with Crippen LogP contribution in [0.3, 0.4) is 0 Å². The van der Waals surface area contributed by atoms with E-state index in [2.05, 4.69) is 10.6 Å². The molecule has 5 nitrogen and oxygen atoms in total. The van der Waals surface area contributed by atoms with Gasteiger partial charge in [-0.05, 0) is 48.2 Å². The number of amides is 2. The van der Waals surface area contributed by atoms with E-state index in [4.69, 9.17) is 0 Å².